The number of benzene rings is 1. The number of aryl methyl sites for hydroxylation is 1. The molecular formula is C18H17BrN2O4S. The Bertz CT molecular complexity index is 892. The number of carbonyl (C=O) groups is 1. The molecule has 136 valence electrons. The number of halogens is 1. The van der Waals surface area contributed by atoms with Crippen LogP contribution in [0.3, 0.4) is 0 Å². The quantitative estimate of drug-likeness (QED) is 0.278. The van der Waals surface area contributed by atoms with Crippen LogP contribution in [-0.4, -0.2) is 23.7 Å². The molecule has 0 fully saturated rings. The van der Waals surface area contributed by atoms with Crippen LogP contribution in [0.4, 0.5) is 10.7 Å². The number of thiophene rings is 1. The van der Waals surface area contributed by atoms with Gasteiger partial charge in [0.05, 0.1) is 21.6 Å². The van der Waals surface area contributed by atoms with Gasteiger partial charge >= 0.3 is 5.97 Å². The number of fused-ring (bicyclic) bond motifs is 1. The van der Waals surface area contributed by atoms with E-state index in [9.17, 15) is 14.9 Å². The number of ether oxygens (including phenoxy) is 1. The summed E-state index contributed by atoms with van der Waals surface area (Å²) in [5, 5.41) is 11.7. The van der Waals surface area contributed by atoms with Crippen molar-refractivity contribution in [2.75, 3.05) is 6.61 Å². The van der Waals surface area contributed by atoms with Crippen LogP contribution >= 0.6 is 27.3 Å². The van der Waals surface area contributed by atoms with E-state index in [1.54, 1.807) is 25.3 Å². The lowest BCUT2D eigenvalue weighted by molar-refractivity contribution is -0.385. The number of nitro benzene ring substituents is 1. The fraction of sp³-hybridized carbons (Fsp3) is 0.333. The van der Waals surface area contributed by atoms with E-state index >= 15 is 0 Å². The molecule has 0 amide bonds. The number of rotatable bonds is 5. The van der Waals surface area contributed by atoms with E-state index in [2.05, 4.69) is 20.9 Å². The van der Waals surface area contributed by atoms with Crippen molar-refractivity contribution in [2.24, 2.45) is 4.99 Å². The van der Waals surface area contributed by atoms with E-state index in [0.717, 1.165) is 31.2 Å². The molecule has 3 rings (SSSR count). The molecule has 1 aliphatic carbocycles. The van der Waals surface area contributed by atoms with Gasteiger partial charge < -0.3 is 4.74 Å². The van der Waals surface area contributed by atoms with Gasteiger partial charge in [-0.3, -0.25) is 10.1 Å². The molecule has 0 unspecified atom stereocenters. The third kappa shape index (κ3) is 3.86. The van der Waals surface area contributed by atoms with Gasteiger partial charge in [0, 0.05) is 17.2 Å². The van der Waals surface area contributed by atoms with Crippen LogP contribution in [0.25, 0.3) is 0 Å². The Morgan fingerprint density at radius 2 is 2.19 bits per heavy atom. The molecular weight excluding hydrogens is 420 g/mol. The third-order valence-electron chi connectivity index (χ3n) is 4.13. The minimum absolute atomic E-state index is 0.0231. The third-order valence-corrected chi connectivity index (χ3v) is 6.00. The minimum atomic E-state index is -0.449. The monoisotopic (exact) mass is 436 g/mol. The molecule has 1 heterocycles. The first-order valence-corrected chi connectivity index (χ1v) is 9.92. The van der Waals surface area contributed by atoms with Crippen molar-refractivity contribution in [3.05, 3.63) is 54.4 Å². The first-order chi connectivity index (χ1) is 12.5. The summed E-state index contributed by atoms with van der Waals surface area (Å²) in [7, 11) is 0. The Balaban J connectivity index is 1.98. The largest absolute Gasteiger partial charge is 0.462 e. The standard InChI is InChI=1S/C18H17BrN2O4S/c1-2-25-18(22)16-12-5-3-4-6-15(12)26-17(16)20-10-11-7-8-13(19)14(9-11)21(23)24/h7-10H,2-6H2,1H3. The Kier molecular flexibility index (Phi) is 5.83. The van der Waals surface area contributed by atoms with Gasteiger partial charge in [-0.25, -0.2) is 9.79 Å². The molecule has 0 aliphatic heterocycles. The van der Waals surface area contributed by atoms with Gasteiger partial charge in [-0.2, -0.15) is 0 Å². The highest BCUT2D eigenvalue weighted by molar-refractivity contribution is 9.10. The molecule has 0 saturated carbocycles. The van der Waals surface area contributed by atoms with Crippen molar-refractivity contribution in [1.82, 2.24) is 0 Å². The summed E-state index contributed by atoms with van der Waals surface area (Å²) in [5.74, 6) is -0.346. The number of aliphatic imine (C=N–C) groups is 1. The zero-order chi connectivity index (χ0) is 18.7. The maximum Gasteiger partial charge on any atom is 0.341 e. The van der Waals surface area contributed by atoms with E-state index < -0.39 is 4.92 Å². The predicted molar refractivity (Wildman–Crippen MR) is 105 cm³/mol. The fourth-order valence-electron chi connectivity index (χ4n) is 2.94. The number of hydrogen-bond acceptors (Lipinski definition) is 6. The summed E-state index contributed by atoms with van der Waals surface area (Å²) in [6.07, 6.45) is 5.53. The lowest BCUT2D eigenvalue weighted by Gasteiger charge is -2.11. The second-order valence-corrected chi connectivity index (χ2v) is 7.78. The molecule has 1 aromatic heterocycles. The van der Waals surface area contributed by atoms with Gasteiger partial charge in [-0.15, -0.1) is 11.3 Å². The van der Waals surface area contributed by atoms with Crippen LogP contribution in [0.1, 0.15) is 46.1 Å². The van der Waals surface area contributed by atoms with Gasteiger partial charge in [-0.1, -0.05) is 6.07 Å². The molecule has 0 spiro atoms. The van der Waals surface area contributed by atoms with Crippen molar-refractivity contribution < 1.29 is 14.5 Å². The molecule has 6 nitrogen and oxygen atoms in total. The summed E-state index contributed by atoms with van der Waals surface area (Å²) >= 11 is 4.68. The summed E-state index contributed by atoms with van der Waals surface area (Å²) < 4.78 is 5.62. The highest BCUT2D eigenvalue weighted by atomic mass is 79.9. The maximum atomic E-state index is 12.4. The highest BCUT2D eigenvalue weighted by Gasteiger charge is 2.26. The van der Waals surface area contributed by atoms with Gasteiger partial charge in [0.15, 0.2) is 0 Å². The van der Waals surface area contributed by atoms with E-state index in [1.165, 1.54) is 22.3 Å². The van der Waals surface area contributed by atoms with Crippen molar-refractivity contribution in [1.29, 1.82) is 0 Å². The first-order valence-electron chi connectivity index (χ1n) is 8.31. The average molecular weight is 437 g/mol. The van der Waals surface area contributed by atoms with Gasteiger partial charge in [0.25, 0.3) is 5.69 Å². The summed E-state index contributed by atoms with van der Waals surface area (Å²) in [5.41, 5.74) is 2.18. The minimum Gasteiger partial charge on any atom is -0.462 e. The van der Waals surface area contributed by atoms with E-state index in [1.807, 2.05) is 0 Å². The summed E-state index contributed by atoms with van der Waals surface area (Å²) in [6, 6.07) is 4.80. The zero-order valence-electron chi connectivity index (χ0n) is 14.2. The predicted octanol–water partition coefficient (Wildman–Crippen LogP) is 5.22. The van der Waals surface area contributed by atoms with Crippen LogP contribution in [0.2, 0.25) is 0 Å². The Labute approximate surface area is 163 Å². The number of nitrogens with zero attached hydrogens (tertiary/aromatic N) is 2. The molecule has 0 N–H and O–H groups in total. The van der Waals surface area contributed by atoms with Crippen molar-refractivity contribution >= 4 is 50.1 Å². The number of esters is 1. The van der Waals surface area contributed by atoms with Gasteiger partial charge in [0.2, 0.25) is 0 Å². The lowest BCUT2D eigenvalue weighted by Crippen LogP contribution is -2.09. The molecule has 0 saturated heterocycles. The van der Waals surface area contributed by atoms with Crippen molar-refractivity contribution in [3.8, 4) is 0 Å². The molecule has 1 aromatic carbocycles. The van der Waals surface area contributed by atoms with Gasteiger partial charge in [0.1, 0.15) is 5.00 Å². The van der Waals surface area contributed by atoms with E-state index in [-0.39, 0.29) is 11.7 Å². The average Bonchev–Trinajstić information content (AvgIpc) is 2.99. The molecule has 0 radical (unpaired) electrons. The van der Waals surface area contributed by atoms with Gasteiger partial charge in [-0.05, 0) is 65.7 Å². The topological polar surface area (TPSA) is 81.8 Å². The number of hydrogen-bond donors (Lipinski definition) is 0. The SMILES string of the molecule is CCOC(=O)c1c(N=Cc2ccc(Br)c([N+](=O)[O-])c2)sc2c1CCCC2. The number of carbonyl (C=O) groups excluding carboxylic acids is 1. The van der Waals surface area contributed by atoms with Crippen LogP contribution in [0.5, 0.6) is 0 Å². The zero-order valence-corrected chi connectivity index (χ0v) is 16.6. The molecule has 0 bridgehead atoms. The molecule has 2 aromatic rings. The van der Waals surface area contributed by atoms with Crippen molar-refractivity contribution in [3.63, 3.8) is 0 Å². The van der Waals surface area contributed by atoms with Crippen LogP contribution in [0, 0.1) is 10.1 Å². The van der Waals surface area contributed by atoms with Crippen LogP contribution in [-0.2, 0) is 17.6 Å². The molecule has 8 heteroatoms. The summed E-state index contributed by atoms with van der Waals surface area (Å²) in [6.45, 7) is 2.09. The van der Waals surface area contributed by atoms with Crippen LogP contribution < -0.4 is 0 Å². The normalized spacial score (nSPS) is 13.6. The second kappa shape index (κ2) is 8.09. The summed E-state index contributed by atoms with van der Waals surface area (Å²) in [4.78, 5) is 28.7. The van der Waals surface area contributed by atoms with Crippen LogP contribution in [0.15, 0.2) is 27.7 Å². The van der Waals surface area contributed by atoms with E-state index in [4.69, 9.17) is 4.74 Å². The smallest absolute Gasteiger partial charge is 0.341 e. The number of nitro groups is 1. The molecule has 1 aliphatic rings. The van der Waals surface area contributed by atoms with E-state index in [0.29, 0.717) is 27.2 Å². The Hall–Kier alpha value is -2.06. The second-order valence-electron chi connectivity index (χ2n) is 5.84. The van der Waals surface area contributed by atoms with Crippen molar-refractivity contribution in [2.45, 2.75) is 32.6 Å². The Morgan fingerprint density at radius 3 is 2.92 bits per heavy atom. The maximum absolute atomic E-state index is 12.4. The first kappa shape index (κ1) is 18.7. The molecule has 0 atom stereocenters. The lowest BCUT2D eigenvalue weighted by atomic mass is 9.95. The Morgan fingerprint density at radius 1 is 1.42 bits per heavy atom. The highest BCUT2D eigenvalue weighted by Crippen LogP contribution is 2.40. The molecule has 26 heavy (non-hydrogen) atoms. The fourth-order valence-corrected chi connectivity index (χ4v) is 4.55.